The lowest BCUT2D eigenvalue weighted by atomic mass is 9.87. The number of oxime groups is 1. The van der Waals surface area contributed by atoms with E-state index in [1.54, 1.807) is 6.92 Å². The molecule has 0 aliphatic carbocycles. The summed E-state index contributed by atoms with van der Waals surface area (Å²) in [5, 5.41) is 7.74. The van der Waals surface area contributed by atoms with E-state index in [2.05, 4.69) is 10.3 Å². The number of alkyl halides is 3. The van der Waals surface area contributed by atoms with Gasteiger partial charge in [-0.2, -0.15) is 13.2 Å². The lowest BCUT2D eigenvalue weighted by Crippen LogP contribution is -2.52. The number of hydrogen-bond acceptors (Lipinski definition) is 6. The topological polar surface area (TPSA) is 91.0 Å². The van der Waals surface area contributed by atoms with Crippen molar-refractivity contribution >= 4 is 16.1 Å². The second-order valence-corrected chi connectivity index (χ2v) is 9.54. The number of rotatable bonds is 3. The Bertz CT molecular complexity index is 1030. The summed E-state index contributed by atoms with van der Waals surface area (Å²) in [5.41, 5.74) is -0.714. The molecule has 1 aromatic heterocycles. The number of nitrogens with zero attached hydrogens (tertiary/aromatic N) is 3. The Morgan fingerprint density at radius 3 is 2.73 bits per heavy atom. The molecule has 7 nitrogen and oxygen atoms in total. The number of hydrogen-bond donors (Lipinski definition) is 0. The molecule has 1 spiro atoms. The average Bonchev–Trinajstić information content (AvgIpc) is 3.24. The van der Waals surface area contributed by atoms with Crippen LogP contribution in [0.3, 0.4) is 0 Å². The van der Waals surface area contributed by atoms with Gasteiger partial charge in [-0.1, -0.05) is 26.7 Å². The maximum Gasteiger partial charge on any atom is 0.416 e. The third kappa shape index (κ3) is 3.65. The van der Waals surface area contributed by atoms with Crippen LogP contribution in [0.2, 0.25) is 0 Å². The van der Waals surface area contributed by atoms with Crippen molar-refractivity contribution in [3.05, 3.63) is 46.8 Å². The number of halogens is 3. The molecule has 2 aromatic rings. The largest absolute Gasteiger partial charge is 0.593 e. The van der Waals surface area contributed by atoms with Gasteiger partial charge in [-0.05, 0) is 31.9 Å². The second kappa shape index (κ2) is 7.17. The molecule has 1 fully saturated rings. The standard InChI is InChI=1S/C19H20F3N3O4S/c1-12-17(13(2)28-23-12)30(26,27)25-8-4-7-18(11-25)10-16(24-29-18)14-5-3-6-15(9-14)19(20,21)22/h3,5-6,9H,4,7-8,10-11H2,1-2H3. The fourth-order valence-electron chi connectivity index (χ4n) is 4.00. The Kier molecular flexibility index (Phi) is 5.02. The Balaban J connectivity index is 1.56. The van der Waals surface area contributed by atoms with Gasteiger partial charge >= 0.3 is 6.18 Å². The van der Waals surface area contributed by atoms with Gasteiger partial charge in [-0.3, -0.25) is 0 Å². The summed E-state index contributed by atoms with van der Waals surface area (Å²) < 4.78 is 71.7. The minimum Gasteiger partial charge on any atom is -0.593 e. The van der Waals surface area contributed by atoms with E-state index in [1.807, 2.05) is 0 Å². The number of aryl methyl sites for hydroxylation is 2. The summed E-state index contributed by atoms with van der Waals surface area (Å²) in [6.07, 6.45) is -3.15. The maximum absolute atomic E-state index is 13.1. The summed E-state index contributed by atoms with van der Waals surface area (Å²) in [6.45, 7) is 3.44. The lowest BCUT2D eigenvalue weighted by molar-refractivity contribution is -0.137. The van der Waals surface area contributed by atoms with Crippen molar-refractivity contribution in [3.8, 4) is 0 Å². The van der Waals surface area contributed by atoms with Crippen LogP contribution in [0.1, 0.15) is 41.8 Å². The number of aromatic nitrogens is 1. The predicted molar refractivity (Wildman–Crippen MR) is 100 cm³/mol. The van der Waals surface area contributed by atoms with Gasteiger partial charge < -0.3 is 13.9 Å². The van der Waals surface area contributed by atoms with Gasteiger partial charge in [0.15, 0.2) is 21.8 Å². The molecule has 0 bridgehead atoms. The highest BCUT2D eigenvalue weighted by atomic mass is 32.3. The molecule has 11 heteroatoms. The minimum atomic E-state index is -4.46. The molecule has 2 aliphatic heterocycles. The molecule has 0 saturated carbocycles. The molecule has 0 amide bonds. The number of piperidine rings is 1. The molecule has 0 radical (unpaired) electrons. The summed E-state index contributed by atoms with van der Waals surface area (Å²) in [7, 11) is -3.85. The smallest absolute Gasteiger partial charge is 0.416 e. The molecule has 30 heavy (non-hydrogen) atoms. The van der Waals surface area contributed by atoms with Crippen LogP contribution in [-0.2, 0) is 25.6 Å². The number of benzene rings is 1. The van der Waals surface area contributed by atoms with Crippen molar-refractivity contribution in [2.45, 2.75) is 49.8 Å². The lowest BCUT2D eigenvalue weighted by Gasteiger charge is -2.38. The van der Waals surface area contributed by atoms with E-state index in [1.165, 1.54) is 23.4 Å². The minimum absolute atomic E-state index is 0.0385. The molecule has 4 rings (SSSR count). The molecule has 1 saturated heterocycles. The van der Waals surface area contributed by atoms with Gasteiger partial charge in [-0.15, -0.1) is 4.31 Å². The van der Waals surface area contributed by atoms with Crippen LogP contribution in [0.25, 0.3) is 0 Å². The Labute approximate surface area is 172 Å². The molecule has 2 unspecified atom stereocenters. The quantitative estimate of drug-likeness (QED) is 0.672. The zero-order valence-corrected chi connectivity index (χ0v) is 17.2. The molecule has 0 N–H and O–H groups in total. The fraction of sp³-hybridized carbons (Fsp3) is 0.474. The van der Waals surface area contributed by atoms with E-state index in [9.17, 15) is 21.9 Å². The zero-order chi connectivity index (χ0) is 21.7. The van der Waals surface area contributed by atoms with Crippen LogP contribution in [0.4, 0.5) is 13.2 Å². The second-order valence-electron chi connectivity index (χ2n) is 7.66. The monoisotopic (exact) mass is 443 g/mol. The fourth-order valence-corrected chi connectivity index (χ4v) is 5.85. The highest BCUT2D eigenvalue weighted by molar-refractivity contribution is 7.95. The summed E-state index contributed by atoms with van der Waals surface area (Å²) in [4.78, 5) is 5.68. The van der Waals surface area contributed by atoms with Crippen molar-refractivity contribution in [2.24, 2.45) is 5.16 Å². The van der Waals surface area contributed by atoms with Crippen molar-refractivity contribution < 1.29 is 31.3 Å². The van der Waals surface area contributed by atoms with Gasteiger partial charge in [-0.25, -0.2) is 0 Å². The van der Waals surface area contributed by atoms with Crippen molar-refractivity contribution in [2.75, 3.05) is 13.1 Å². The first-order valence-corrected chi connectivity index (χ1v) is 10.8. The third-order valence-electron chi connectivity index (χ3n) is 5.43. The van der Waals surface area contributed by atoms with Crippen LogP contribution in [-0.4, -0.2) is 38.4 Å². The molecule has 162 valence electrons. The van der Waals surface area contributed by atoms with Crippen LogP contribution in [0, 0.1) is 13.8 Å². The van der Waals surface area contributed by atoms with E-state index in [-0.39, 0.29) is 29.3 Å². The van der Waals surface area contributed by atoms with Crippen molar-refractivity contribution in [1.82, 2.24) is 9.46 Å². The highest BCUT2D eigenvalue weighted by Gasteiger charge is 2.49. The summed E-state index contributed by atoms with van der Waals surface area (Å²) >= 11 is 0. The van der Waals surface area contributed by atoms with Crippen LogP contribution >= 0.6 is 0 Å². The van der Waals surface area contributed by atoms with E-state index >= 15 is 0 Å². The molecule has 2 aliphatic rings. The van der Waals surface area contributed by atoms with E-state index in [0.717, 1.165) is 12.1 Å². The van der Waals surface area contributed by atoms with E-state index in [0.29, 0.717) is 30.7 Å². The molecular formula is C19H20F3N3O4S. The Morgan fingerprint density at radius 1 is 1.30 bits per heavy atom. The first-order valence-electron chi connectivity index (χ1n) is 9.38. The first kappa shape index (κ1) is 21.0. The van der Waals surface area contributed by atoms with Gasteiger partial charge in [0, 0.05) is 25.5 Å². The normalized spacial score (nSPS) is 24.5. The zero-order valence-electron chi connectivity index (χ0n) is 16.4. The van der Waals surface area contributed by atoms with Gasteiger partial charge in [0.25, 0.3) is 0 Å². The summed E-state index contributed by atoms with van der Waals surface area (Å²) in [6, 6.07) is 4.88. The highest BCUT2D eigenvalue weighted by Crippen LogP contribution is 2.39. The average molecular weight is 443 g/mol. The van der Waals surface area contributed by atoms with E-state index < -0.39 is 27.7 Å². The molecular weight excluding hydrogens is 423 g/mol. The molecule has 1 aromatic carbocycles. The number of sulfonamides is 1. The summed E-state index contributed by atoms with van der Waals surface area (Å²) in [5.74, 6) is 0.209. The van der Waals surface area contributed by atoms with Crippen LogP contribution in [0.15, 0.2) is 38.8 Å². The van der Waals surface area contributed by atoms with E-state index in [4.69, 9.17) is 9.36 Å². The van der Waals surface area contributed by atoms with Gasteiger partial charge in [0.1, 0.15) is 5.69 Å². The van der Waals surface area contributed by atoms with Crippen LogP contribution in [0.5, 0.6) is 0 Å². The maximum atomic E-state index is 13.1. The predicted octanol–water partition coefficient (Wildman–Crippen LogP) is 3.87. The van der Waals surface area contributed by atoms with Gasteiger partial charge in [0.2, 0.25) is 4.90 Å². The Morgan fingerprint density at radius 2 is 2.07 bits per heavy atom. The van der Waals surface area contributed by atoms with Crippen molar-refractivity contribution in [3.63, 3.8) is 0 Å². The first-order chi connectivity index (χ1) is 14.0. The molecule has 2 atom stereocenters. The van der Waals surface area contributed by atoms with Gasteiger partial charge in [0.05, 0.1) is 17.8 Å². The van der Waals surface area contributed by atoms with Crippen molar-refractivity contribution in [1.29, 1.82) is 0 Å². The van der Waals surface area contributed by atoms with Crippen LogP contribution < -0.4 is 0 Å². The Hall–Kier alpha value is -2.24. The SMILES string of the molecule is Cc1noc(C)c1[S+](=O)([O-])N1CCCC2(CC(c3cccc(C(F)(F)F)c3)=NO2)C1. The third-order valence-corrected chi connectivity index (χ3v) is 7.52. The molecule has 3 heterocycles.